The third-order valence-corrected chi connectivity index (χ3v) is 10.6. The van der Waals surface area contributed by atoms with Crippen LogP contribution in [0.1, 0.15) is 25.0 Å². The first-order valence-electron chi connectivity index (χ1n) is 17.0. The van der Waals surface area contributed by atoms with Crippen LogP contribution in [0.15, 0.2) is 168 Å². The van der Waals surface area contributed by atoms with E-state index in [1.165, 1.54) is 38.4 Å². The van der Waals surface area contributed by atoms with Crippen molar-refractivity contribution in [3.63, 3.8) is 0 Å². The Morgan fingerprint density at radius 1 is 0.449 bits per heavy atom. The minimum absolute atomic E-state index is 0.120. The maximum atomic E-state index is 6.74. The van der Waals surface area contributed by atoms with E-state index in [0.717, 1.165) is 55.5 Å². The van der Waals surface area contributed by atoms with E-state index in [9.17, 15) is 0 Å². The molecule has 10 rings (SSSR count). The molecule has 0 bridgehead atoms. The fourth-order valence-corrected chi connectivity index (χ4v) is 8.15. The molecule has 2 heteroatoms. The second-order valence-corrected chi connectivity index (χ2v) is 13.8. The van der Waals surface area contributed by atoms with Crippen molar-refractivity contribution in [3.8, 4) is 22.3 Å². The summed E-state index contributed by atoms with van der Waals surface area (Å²) in [7, 11) is 0. The number of fused-ring (bicyclic) bond motifs is 9. The summed E-state index contributed by atoms with van der Waals surface area (Å²) in [6.07, 6.45) is 0. The Morgan fingerprint density at radius 3 is 2.00 bits per heavy atom. The highest BCUT2D eigenvalue weighted by atomic mass is 16.3. The molecule has 0 fully saturated rings. The van der Waals surface area contributed by atoms with E-state index >= 15 is 0 Å². The third-order valence-electron chi connectivity index (χ3n) is 10.6. The van der Waals surface area contributed by atoms with Crippen LogP contribution in [-0.2, 0) is 5.41 Å². The topological polar surface area (TPSA) is 16.4 Å². The molecule has 0 radical (unpaired) electrons. The second-order valence-electron chi connectivity index (χ2n) is 13.8. The quantitative estimate of drug-likeness (QED) is 0.193. The molecular weight excluding hydrogens is 595 g/mol. The van der Waals surface area contributed by atoms with Crippen molar-refractivity contribution in [1.82, 2.24) is 0 Å². The highest BCUT2D eigenvalue weighted by Crippen LogP contribution is 2.52. The molecule has 1 heterocycles. The minimum Gasteiger partial charge on any atom is -0.455 e. The van der Waals surface area contributed by atoms with E-state index in [-0.39, 0.29) is 5.41 Å². The predicted octanol–water partition coefficient (Wildman–Crippen LogP) is 13.3. The molecule has 1 aliphatic rings. The first kappa shape index (κ1) is 27.9. The lowest BCUT2D eigenvalue weighted by molar-refractivity contribution is 0.660. The number of hydrogen-bond acceptors (Lipinski definition) is 2. The van der Waals surface area contributed by atoms with Crippen molar-refractivity contribution < 1.29 is 4.42 Å². The molecule has 232 valence electrons. The van der Waals surface area contributed by atoms with Gasteiger partial charge in [0.05, 0.1) is 5.69 Å². The largest absolute Gasteiger partial charge is 0.455 e. The summed E-state index contributed by atoms with van der Waals surface area (Å²) in [4.78, 5) is 2.45. The van der Waals surface area contributed by atoms with Crippen LogP contribution in [0.5, 0.6) is 0 Å². The highest BCUT2D eigenvalue weighted by molar-refractivity contribution is 6.17. The smallest absolute Gasteiger partial charge is 0.143 e. The Bertz CT molecular complexity index is 2750. The lowest BCUT2D eigenvalue weighted by atomic mass is 9.82. The first-order chi connectivity index (χ1) is 24.0. The number of hydrogen-bond donors (Lipinski definition) is 0. The maximum Gasteiger partial charge on any atom is 0.143 e. The van der Waals surface area contributed by atoms with E-state index in [4.69, 9.17) is 4.42 Å². The molecule has 1 aromatic heterocycles. The Balaban J connectivity index is 1.29. The lowest BCUT2D eigenvalue weighted by Crippen LogP contribution is -2.17. The molecule has 0 saturated carbocycles. The highest BCUT2D eigenvalue weighted by Gasteiger charge is 2.36. The van der Waals surface area contributed by atoms with Crippen LogP contribution < -0.4 is 4.90 Å². The van der Waals surface area contributed by atoms with Crippen LogP contribution in [0.2, 0.25) is 0 Å². The Kier molecular flexibility index (Phi) is 5.95. The zero-order valence-electron chi connectivity index (χ0n) is 27.4. The van der Waals surface area contributed by atoms with Crippen molar-refractivity contribution in [2.45, 2.75) is 19.3 Å². The van der Waals surface area contributed by atoms with E-state index < -0.39 is 0 Å². The predicted molar refractivity (Wildman–Crippen MR) is 206 cm³/mol. The van der Waals surface area contributed by atoms with E-state index in [0.29, 0.717) is 0 Å². The van der Waals surface area contributed by atoms with Crippen LogP contribution in [0.25, 0.3) is 65.7 Å². The summed E-state index contributed by atoms with van der Waals surface area (Å²) in [5, 5.41) is 6.97. The Morgan fingerprint density at radius 2 is 1.12 bits per heavy atom. The fraction of sp³-hybridized carbons (Fsp3) is 0.0638. The van der Waals surface area contributed by atoms with Gasteiger partial charge in [0.15, 0.2) is 0 Å². The van der Waals surface area contributed by atoms with Crippen LogP contribution in [0, 0.1) is 0 Å². The van der Waals surface area contributed by atoms with Crippen molar-refractivity contribution in [3.05, 3.63) is 175 Å². The molecular formula is C47H33NO. The van der Waals surface area contributed by atoms with Crippen molar-refractivity contribution in [1.29, 1.82) is 0 Å². The number of anilines is 3. The molecule has 0 unspecified atom stereocenters. The van der Waals surface area contributed by atoms with E-state index in [1.807, 2.05) is 0 Å². The molecule has 0 amide bonds. The molecule has 2 nitrogen and oxygen atoms in total. The van der Waals surface area contributed by atoms with Gasteiger partial charge >= 0.3 is 0 Å². The molecule has 0 N–H and O–H groups in total. The van der Waals surface area contributed by atoms with Gasteiger partial charge in [-0.15, -0.1) is 0 Å². The molecule has 49 heavy (non-hydrogen) atoms. The average Bonchev–Trinajstić information content (AvgIpc) is 3.63. The molecule has 0 saturated heterocycles. The second kappa shape index (κ2) is 10.4. The third kappa shape index (κ3) is 4.20. The first-order valence-corrected chi connectivity index (χ1v) is 17.0. The van der Waals surface area contributed by atoms with Gasteiger partial charge < -0.3 is 9.32 Å². The molecule has 9 aromatic rings. The zero-order valence-corrected chi connectivity index (χ0v) is 27.4. The summed E-state index contributed by atoms with van der Waals surface area (Å²) in [6.45, 7) is 4.70. The number of furan rings is 1. The van der Waals surface area contributed by atoms with Gasteiger partial charge in [0, 0.05) is 38.5 Å². The standard InChI is InChI=1S/C47H33NO/c1-47(2)42-19-11-10-18-37(42)38-25-23-35(27-43(38)47)48(34-22-20-30-12-6-7-16-33(30)26-34)44-28-41-39-24-21-32-15-8-9-17-36(32)46(39)49-45(41)29-40(44)31-13-4-3-5-14-31/h3-29H,1-2H3. The van der Waals surface area contributed by atoms with E-state index in [2.05, 4.69) is 183 Å². The van der Waals surface area contributed by atoms with Crippen molar-refractivity contribution >= 4 is 60.5 Å². The van der Waals surface area contributed by atoms with Gasteiger partial charge in [-0.3, -0.25) is 0 Å². The monoisotopic (exact) mass is 627 g/mol. The lowest BCUT2D eigenvalue weighted by Gasteiger charge is -2.30. The summed E-state index contributed by atoms with van der Waals surface area (Å²) < 4.78 is 6.74. The molecule has 0 aliphatic heterocycles. The van der Waals surface area contributed by atoms with Crippen LogP contribution >= 0.6 is 0 Å². The fourth-order valence-electron chi connectivity index (χ4n) is 8.15. The number of rotatable bonds is 4. The zero-order chi connectivity index (χ0) is 32.7. The molecule has 0 atom stereocenters. The summed E-state index contributed by atoms with van der Waals surface area (Å²) >= 11 is 0. The Labute approximate surface area is 285 Å². The number of nitrogens with zero attached hydrogens (tertiary/aromatic N) is 1. The summed E-state index contributed by atoms with van der Waals surface area (Å²) in [5.74, 6) is 0. The maximum absolute atomic E-state index is 6.74. The van der Waals surface area contributed by atoms with Crippen molar-refractivity contribution in [2.24, 2.45) is 0 Å². The summed E-state index contributed by atoms with van der Waals surface area (Å²) in [6, 6.07) is 59.5. The van der Waals surface area contributed by atoms with Gasteiger partial charge in [0.2, 0.25) is 0 Å². The average molecular weight is 628 g/mol. The van der Waals surface area contributed by atoms with Crippen LogP contribution in [0.3, 0.4) is 0 Å². The normalized spacial score (nSPS) is 13.3. The van der Waals surface area contributed by atoms with Crippen LogP contribution in [-0.4, -0.2) is 0 Å². The van der Waals surface area contributed by atoms with Gasteiger partial charge in [-0.1, -0.05) is 135 Å². The molecule has 0 spiro atoms. The SMILES string of the molecule is CC1(C)c2ccccc2-c2ccc(N(c3ccc4ccccc4c3)c3cc4c(cc3-c3ccccc3)oc3c5ccccc5ccc43)cc21. The van der Waals surface area contributed by atoms with E-state index in [1.54, 1.807) is 0 Å². The van der Waals surface area contributed by atoms with Crippen LogP contribution in [0.4, 0.5) is 17.1 Å². The number of benzene rings is 8. The Hall–Kier alpha value is -6.12. The van der Waals surface area contributed by atoms with Gasteiger partial charge in [-0.05, 0) is 86.4 Å². The molecule has 1 aliphatic carbocycles. The van der Waals surface area contributed by atoms with Crippen molar-refractivity contribution in [2.75, 3.05) is 4.90 Å². The van der Waals surface area contributed by atoms with Gasteiger partial charge in [-0.2, -0.15) is 0 Å². The van der Waals surface area contributed by atoms with Gasteiger partial charge in [0.25, 0.3) is 0 Å². The van der Waals surface area contributed by atoms with Gasteiger partial charge in [-0.25, -0.2) is 0 Å². The summed E-state index contributed by atoms with van der Waals surface area (Å²) in [5.41, 5.74) is 12.7. The molecule has 8 aromatic carbocycles. The van der Waals surface area contributed by atoms with Gasteiger partial charge in [0.1, 0.15) is 11.2 Å². The minimum atomic E-state index is -0.120.